The summed E-state index contributed by atoms with van der Waals surface area (Å²) in [6.07, 6.45) is 1.53. The lowest BCUT2D eigenvalue weighted by atomic mass is 10.2. The first-order valence-corrected chi connectivity index (χ1v) is 4.60. The Balaban J connectivity index is 2.49. The Kier molecular flexibility index (Phi) is 2.75. The zero-order valence-corrected chi connectivity index (χ0v) is 8.44. The molecule has 0 saturated carbocycles. The van der Waals surface area contributed by atoms with E-state index in [1.54, 1.807) is 6.07 Å². The topological polar surface area (TPSA) is 76.7 Å². The van der Waals surface area contributed by atoms with Gasteiger partial charge >= 0.3 is 0 Å². The third kappa shape index (κ3) is 2.03. The Morgan fingerprint density at radius 3 is 2.80 bits per heavy atom. The SMILES string of the molecule is NNc1nncc(-c2ccccc2Cl)n1. The molecule has 0 radical (unpaired) electrons. The van der Waals surface area contributed by atoms with Crippen molar-refractivity contribution in [3.63, 3.8) is 0 Å². The maximum atomic E-state index is 6.01. The maximum absolute atomic E-state index is 6.01. The summed E-state index contributed by atoms with van der Waals surface area (Å²) in [7, 11) is 0. The second kappa shape index (κ2) is 4.20. The number of hydrazine groups is 1. The van der Waals surface area contributed by atoms with Gasteiger partial charge in [-0.3, -0.25) is 5.43 Å². The molecule has 1 aromatic carbocycles. The minimum atomic E-state index is 0.257. The van der Waals surface area contributed by atoms with Gasteiger partial charge in [0.05, 0.1) is 16.9 Å². The van der Waals surface area contributed by atoms with Crippen LogP contribution in [0.1, 0.15) is 0 Å². The van der Waals surface area contributed by atoms with E-state index in [0.717, 1.165) is 5.56 Å². The van der Waals surface area contributed by atoms with Crippen molar-refractivity contribution in [1.29, 1.82) is 0 Å². The molecule has 0 fully saturated rings. The van der Waals surface area contributed by atoms with E-state index in [9.17, 15) is 0 Å². The maximum Gasteiger partial charge on any atom is 0.257 e. The molecule has 0 atom stereocenters. The summed E-state index contributed by atoms with van der Waals surface area (Å²) in [5, 5.41) is 8.04. The number of nitrogens with one attached hydrogen (secondary N) is 1. The molecule has 1 aromatic heterocycles. The predicted molar refractivity (Wildman–Crippen MR) is 58.1 cm³/mol. The predicted octanol–water partition coefficient (Wildman–Crippen LogP) is 1.48. The number of rotatable bonds is 2. The highest BCUT2D eigenvalue weighted by molar-refractivity contribution is 6.33. The van der Waals surface area contributed by atoms with Crippen LogP contribution in [0.4, 0.5) is 5.95 Å². The van der Waals surface area contributed by atoms with E-state index in [0.29, 0.717) is 10.7 Å². The quantitative estimate of drug-likeness (QED) is 0.593. The lowest BCUT2D eigenvalue weighted by molar-refractivity contribution is 0.966. The molecule has 5 nitrogen and oxygen atoms in total. The highest BCUT2D eigenvalue weighted by Gasteiger charge is 2.05. The zero-order valence-electron chi connectivity index (χ0n) is 7.68. The average molecular weight is 222 g/mol. The molecule has 3 N–H and O–H groups in total. The largest absolute Gasteiger partial charge is 0.291 e. The van der Waals surface area contributed by atoms with Gasteiger partial charge in [0.15, 0.2) is 0 Å². The molecule has 2 rings (SSSR count). The monoisotopic (exact) mass is 221 g/mol. The Morgan fingerprint density at radius 1 is 1.27 bits per heavy atom. The van der Waals surface area contributed by atoms with Gasteiger partial charge < -0.3 is 0 Å². The molecule has 6 heteroatoms. The highest BCUT2D eigenvalue weighted by Crippen LogP contribution is 2.25. The van der Waals surface area contributed by atoms with Crippen molar-refractivity contribution in [2.45, 2.75) is 0 Å². The molecular formula is C9H8ClN5. The van der Waals surface area contributed by atoms with Gasteiger partial charge in [0.25, 0.3) is 5.95 Å². The number of hydrogen-bond donors (Lipinski definition) is 2. The van der Waals surface area contributed by atoms with E-state index in [2.05, 4.69) is 20.6 Å². The standard InChI is InChI=1S/C9H8ClN5/c10-7-4-2-1-3-6(7)8-5-12-15-9(13-8)14-11/h1-5H,11H2,(H,13,14,15). The van der Waals surface area contributed by atoms with Crippen LogP contribution < -0.4 is 11.3 Å². The van der Waals surface area contributed by atoms with Crippen LogP contribution in [0.25, 0.3) is 11.3 Å². The summed E-state index contributed by atoms with van der Waals surface area (Å²) in [5.74, 6) is 5.44. The van der Waals surface area contributed by atoms with Crippen molar-refractivity contribution >= 4 is 17.5 Å². The number of benzene rings is 1. The van der Waals surface area contributed by atoms with Crippen LogP contribution in [0.5, 0.6) is 0 Å². The van der Waals surface area contributed by atoms with Crippen molar-refractivity contribution in [3.8, 4) is 11.3 Å². The molecule has 0 aliphatic carbocycles. The van der Waals surface area contributed by atoms with Gasteiger partial charge in [0.1, 0.15) is 0 Å². The van der Waals surface area contributed by atoms with Gasteiger partial charge in [0.2, 0.25) is 0 Å². The van der Waals surface area contributed by atoms with E-state index >= 15 is 0 Å². The first-order chi connectivity index (χ1) is 7.31. The number of nitrogens with two attached hydrogens (primary N) is 1. The molecule has 76 valence electrons. The molecular weight excluding hydrogens is 214 g/mol. The van der Waals surface area contributed by atoms with Crippen LogP contribution >= 0.6 is 11.6 Å². The van der Waals surface area contributed by atoms with Gasteiger partial charge in [-0.25, -0.2) is 10.8 Å². The second-order valence-corrected chi connectivity index (χ2v) is 3.20. The smallest absolute Gasteiger partial charge is 0.257 e. The van der Waals surface area contributed by atoms with E-state index in [1.165, 1.54) is 6.20 Å². The summed E-state index contributed by atoms with van der Waals surface area (Å²) in [5.41, 5.74) is 3.75. The summed E-state index contributed by atoms with van der Waals surface area (Å²) >= 11 is 6.01. The van der Waals surface area contributed by atoms with Crippen LogP contribution in [0, 0.1) is 0 Å². The third-order valence-corrected chi connectivity index (χ3v) is 2.17. The molecule has 0 saturated heterocycles. The zero-order chi connectivity index (χ0) is 10.7. The van der Waals surface area contributed by atoms with Crippen molar-refractivity contribution in [1.82, 2.24) is 15.2 Å². The number of aromatic nitrogens is 3. The van der Waals surface area contributed by atoms with Gasteiger partial charge in [-0.2, -0.15) is 5.10 Å². The first kappa shape index (κ1) is 9.82. The minimum Gasteiger partial charge on any atom is -0.291 e. The fraction of sp³-hybridized carbons (Fsp3) is 0. The average Bonchev–Trinajstić information content (AvgIpc) is 2.30. The lowest BCUT2D eigenvalue weighted by Gasteiger charge is -2.03. The summed E-state index contributed by atoms with van der Waals surface area (Å²) < 4.78 is 0. The molecule has 0 amide bonds. The molecule has 1 heterocycles. The second-order valence-electron chi connectivity index (χ2n) is 2.79. The van der Waals surface area contributed by atoms with Gasteiger partial charge in [-0.15, -0.1) is 5.10 Å². The number of anilines is 1. The molecule has 0 spiro atoms. The third-order valence-electron chi connectivity index (χ3n) is 1.84. The minimum absolute atomic E-state index is 0.257. The molecule has 2 aromatic rings. The van der Waals surface area contributed by atoms with E-state index in [1.807, 2.05) is 18.2 Å². The fourth-order valence-corrected chi connectivity index (χ4v) is 1.40. The molecule has 15 heavy (non-hydrogen) atoms. The van der Waals surface area contributed by atoms with E-state index in [4.69, 9.17) is 17.4 Å². The van der Waals surface area contributed by atoms with Gasteiger partial charge in [-0.1, -0.05) is 29.8 Å². The van der Waals surface area contributed by atoms with Gasteiger partial charge in [-0.05, 0) is 6.07 Å². The lowest BCUT2D eigenvalue weighted by Crippen LogP contribution is -2.11. The van der Waals surface area contributed by atoms with Crippen LogP contribution in [-0.4, -0.2) is 15.2 Å². The van der Waals surface area contributed by atoms with E-state index < -0.39 is 0 Å². The van der Waals surface area contributed by atoms with Crippen LogP contribution in [0.15, 0.2) is 30.5 Å². The number of nitrogen functional groups attached to an aromatic ring is 1. The molecule has 0 aliphatic heterocycles. The normalized spacial score (nSPS) is 10.0. The molecule has 0 bridgehead atoms. The summed E-state index contributed by atoms with van der Waals surface area (Å²) in [6, 6.07) is 7.36. The van der Waals surface area contributed by atoms with Crippen LogP contribution in [-0.2, 0) is 0 Å². The molecule has 0 unspecified atom stereocenters. The summed E-state index contributed by atoms with van der Waals surface area (Å²) in [6.45, 7) is 0. The summed E-state index contributed by atoms with van der Waals surface area (Å²) in [4.78, 5) is 4.13. The Morgan fingerprint density at radius 2 is 2.07 bits per heavy atom. The van der Waals surface area contributed by atoms with Gasteiger partial charge in [0, 0.05) is 5.56 Å². The van der Waals surface area contributed by atoms with E-state index in [-0.39, 0.29) is 5.95 Å². The first-order valence-electron chi connectivity index (χ1n) is 4.22. The van der Waals surface area contributed by atoms with Crippen LogP contribution in [0.2, 0.25) is 5.02 Å². The number of nitrogens with zero attached hydrogens (tertiary/aromatic N) is 3. The Labute approximate surface area is 91.3 Å². The Hall–Kier alpha value is -1.72. The van der Waals surface area contributed by atoms with Crippen LogP contribution in [0.3, 0.4) is 0 Å². The molecule has 0 aliphatic rings. The fourth-order valence-electron chi connectivity index (χ4n) is 1.16. The Bertz CT molecular complexity index is 474. The van der Waals surface area contributed by atoms with Crippen molar-refractivity contribution in [2.75, 3.05) is 5.43 Å². The number of halogens is 1. The number of hydrogen-bond acceptors (Lipinski definition) is 5. The van der Waals surface area contributed by atoms with Crippen molar-refractivity contribution in [2.24, 2.45) is 5.84 Å². The van der Waals surface area contributed by atoms with Crippen molar-refractivity contribution < 1.29 is 0 Å². The highest BCUT2D eigenvalue weighted by atomic mass is 35.5. The van der Waals surface area contributed by atoms with Crippen molar-refractivity contribution in [3.05, 3.63) is 35.5 Å².